The number of anilines is 1. The first kappa shape index (κ1) is 17.5. The van der Waals surface area contributed by atoms with Crippen LogP contribution in [-0.2, 0) is 6.54 Å². The van der Waals surface area contributed by atoms with Gasteiger partial charge in [-0.25, -0.2) is 4.98 Å². The number of hydrogen-bond donors (Lipinski definition) is 1. The van der Waals surface area contributed by atoms with E-state index < -0.39 is 0 Å². The van der Waals surface area contributed by atoms with Crippen molar-refractivity contribution < 1.29 is 14.2 Å². The summed E-state index contributed by atoms with van der Waals surface area (Å²) in [7, 11) is 3.04. The maximum Gasteiger partial charge on any atom is 0.330 e. The van der Waals surface area contributed by atoms with Gasteiger partial charge in [0, 0.05) is 24.0 Å². The fraction of sp³-hybridized carbons (Fsp3) is 0.211. The van der Waals surface area contributed by atoms with Crippen molar-refractivity contribution in [2.75, 3.05) is 19.5 Å². The van der Waals surface area contributed by atoms with Crippen LogP contribution >= 0.6 is 0 Å². The van der Waals surface area contributed by atoms with E-state index in [1.807, 2.05) is 30.3 Å². The number of ether oxygens (including phenoxy) is 3. The number of rotatable bonds is 7. The molecule has 0 spiro atoms. The highest BCUT2D eigenvalue weighted by Crippen LogP contribution is 2.25. The average Bonchev–Trinajstić information content (AvgIpc) is 2.68. The van der Waals surface area contributed by atoms with Gasteiger partial charge in [-0.05, 0) is 24.6 Å². The molecule has 26 heavy (non-hydrogen) atoms. The summed E-state index contributed by atoms with van der Waals surface area (Å²) in [5.74, 6) is 1.12. The summed E-state index contributed by atoms with van der Waals surface area (Å²) in [6.07, 6.45) is 1.66. The van der Waals surface area contributed by atoms with Crippen molar-refractivity contribution in [3.05, 3.63) is 59.8 Å². The second kappa shape index (κ2) is 8.15. The van der Waals surface area contributed by atoms with Gasteiger partial charge in [0.05, 0.1) is 20.3 Å². The first-order valence-electron chi connectivity index (χ1n) is 8.08. The van der Waals surface area contributed by atoms with Gasteiger partial charge >= 0.3 is 6.01 Å². The summed E-state index contributed by atoms with van der Waals surface area (Å²) in [5, 5.41) is 3.39. The Morgan fingerprint density at radius 1 is 0.962 bits per heavy atom. The van der Waals surface area contributed by atoms with Crippen LogP contribution < -0.4 is 19.5 Å². The first-order chi connectivity index (χ1) is 12.7. The fourth-order valence-electron chi connectivity index (χ4n) is 2.34. The second-order valence-electron chi connectivity index (χ2n) is 5.47. The Hall–Kier alpha value is -3.35. The lowest BCUT2D eigenvalue weighted by Gasteiger charge is -2.12. The Morgan fingerprint density at radius 2 is 1.69 bits per heavy atom. The highest BCUT2D eigenvalue weighted by Gasteiger charge is 2.12. The molecule has 134 valence electrons. The van der Waals surface area contributed by atoms with E-state index >= 15 is 0 Å². The maximum absolute atomic E-state index is 5.78. The molecule has 0 saturated carbocycles. The number of nitrogens with one attached hydrogen (secondary N) is 1. The molecule has 7 heteroatoms. The Morgan fingerprint density at radius 3 is 2.38 bits per heavy atom. The lowest BCUT2D eigenvalue weighted by molar-refractivity contribution is 0.344. The lowest BCUT2D eigenvalue weighted by Crippen LogP contribution is -2.05. The molecule has 0 amide bonds. The molecule has 0 bridgehead atoms. The number of pyridine rings is 1. The number of nitrogens with zero attached hydrogens (tertiary/aromatic N) is 3. The van der Waals surface area contributed by atoms with Crippen LogP contribution in [0.3, 0.4) is 0 Å². The van der Waals surface area contributed by atoms with Gasteiger partial charge in [0.25, 0.3) is 0 Å². The van der Waals surface area contributed by atoms with Crippen molar-refractivity contribution in [1.82, 2.24) is 15.0 Å². The van der Waals surface area contributed by atoms with Gasteiger partial charge in [-0.3, -0.25) is 0 Å². The van der Waals surface area contributed by atoms with Crippen molar-refractivity contribution in [2.24, 2.45) is 0 Å². The van der Waals surface area contributed by atoms with Crippen LogP contribution in [0.25, 0.3) is 0 Å². The highest BCUT2D eigenvalue weighted by molar-refractivity contribution is 5.51. The van der Waals surface area contributed by atoms with Gasteiger partial charge in [0.2, 0.25) is 17.6 Å². The molecule has 0 aliphatic heterocycles. The topological polar surface area (TPSA) is 78.4 Å². The summed E-state index contributed by atoms with van der Waals surface area (Å²) in [4.78, 5) is 12.6. The first-order valence-corrected chi connectivity index (χ1v) is 8.08. The Bertz CT molecular complexity index is 864. The molecule has 7 nitrogen and oxygen atoms in total. The molecule has 0 aliphatic carbocycles. The molecular formula is C19H20N4O3. The number of hydrogen-bond acceptors (Lipinski definition) is 7. The zero-order valence-corrected chi connectivity index (χ0v) is 14.9. The molecule has 0 saturated heterocycles. The number of para-hydroxylation sites is 1. The minimum atomic E-state index is 0.108. The highest BCUT2D eigenvalue weighted by atomic mass is 16.5. The number of aryl methyl sites for hydroxylation is 1. The smallest absolute Gasteiger partial charge is 0.330 e. The predicted molar refractivity (Wildman–Crippen MR) is 98.0 cm³/mol. The quantitative estimate of drug-likeness (QED) is 0.696. The van der Waals surface area contributed by atoms with Crippen LogP contribution in [-0.4, -0.2) is 29.2 Å². The summed E-state index contributed by atoms with van der Waals surface area (Å²) in [5.41, 5.74) is 3.10. The van der Waals surface area contributed by atoms with E-state index in [4.69, 9.17) is 14.2 Å². The van der Waals surface area contributed by atoms with Crippen LogP contribution in [0.15, 0.2) is 48.7 Å². The van der Waals surface area contributed by atoms with Crippen LogP contribution in [0.5, 0.6) is 23.7 Å². The minimum absolute atomic E-state index is 0.108. The summed E-state index contributed by atoms with van der Waals surface area (Å²) >= 11 is 0. The van der Waals surface area contributed by atoms with Gasteiger partial charge in [-0.2, -0.15) is 9.97 Å². The second-order valence-corrected chi connectivity index (χ2v) is 5.47. The van der Waals surface area contributed by atoms with E-state index in [1.165, 1.54) is 19.8 Å². The molecule has 0 atom stereocenters. The predicted octanol–water partition coefficient (Wildman–Crippen LogP) is 3.60. The Balaban J connectivity index is 1.80. The molecule has 2 aromatic heterocycles. The van der Waals surface area contributed by atoms with Crippen LogP contribution in [0.1, 0.15) is 11.1 Å². The zero-order chi connectivity index (χ0) is 18.4. The van der Waals surface area contributed by atoms with Crippen LogP contribution in [0, 0.1) is 6.92 Å². The zero-order valence-electron chi connectivity index (χ0n) is 14.9. The molecule has 0 unspecified atom stereocenters. The molecule has 2 heterocycles. The van der Waals surface area contributed by atoms with Crippen molar-refractivity contribution >= 4 is 5.69 Å². The standard InChI is InChI=1S/C19H20N4O3/c1-13-7-4-5-9-15(13)21-12-14-8-6-10-20-18(14)26-19-22-16(24-2)11-17(23-19)25-3/h4-11,21H,12H2,1-3H3. The SMILES string of the molecule is COc1cc(OC)nc(Oc2ncccc2CNc2ccccc2C)n1. The van der Waals surface area contributed by atoms with Crippen molar-refractivity contribution in [3.63, 3.8) is 0 Å². The largest absolute Gasteiger partial charge is 0.481 e. The maximum atomic E-state index is 5.78. The van der Waals surface area contributed by atoms with E-state index in [0.717, 1.165) is 11.3 Å². The molecule has 1 aromatic carbocycles. The number of methoxy groups -OCH3 is 2. The van der Waals surface area contributed by atoms with Gasteiger partial charge < -0.3 is 19.5 Å². The van der Waals surface area contributed by atoms with E-state index in [-0.39, 0.29) is 6.01 Å². The molecule has 0 aliphatic rings. The summed E-state index contributed by atoms with van der Waals surface area (Å²) in [6, 6.07) is 13.6. The van der Waals surface area contributed by atoms with Crippen molar-refractivity contribution in [2.45, 2.75) is 13.5 Å². The van der Waals surface area contributed by atoms with Gasteiger partial charge in [0.1, 0.15) is 0 Å². The average molecular weight is 352 g/mol. The minimum Gasteiger partial charge on any atom is -0.481 e. The van der Waals surface area contributed by atoms with Crippen LogP contribution in [0.2, 0.25) is 0 Å². The Kier molecular flexibility index (Phi) is 5.48. The molecular weight excluding hydrogens is 332 g/mol. The van der Waals surface area contributed by atoms with E-state index in [0.29, 0.717) is 24.2 Å². The number of benzene rings is 1. The van der Waals surface area contributed by atoms with Gasteiger partial charge in [-0.15, -0.1) is 0 Å². The molecule has 3 rings (SSSR count). The molecule has 0 radical (unpaired) electrons. The third kappa shape index (κ3) is 4.18. The van der Waals surface area contributed by atoms with E-state index in [2.05, 4.69) is 33.3 Å². The van der Waals surface area contributed by atoms with Gasteiger partial charge in [-0.1, -0.05) is 24.3 Å². The normalized spacial score (nSPS) is 10.3. The molecule has 0 fully saturated rings. The monoisotopic (exact) mass is 352 g/mol. The lowest BCUT2D eigenvalue weighted by atomic mass is 10.2. The summed E-state index contributed by atoms with van der Waals surface area (Å²) in [6.45, 7) is 2.61. The third-order valence-electron chi connectivity index (χ3n) is 3.73. The van der Waals surface area contributed by atoms with E-state index in [9.17, 15) is 0 Å². The summed E-state index contributed by atoms with van der Waals surface area (Å²) < 4.78 is 16.1. The fourth-order valence-corrected chi connectivity index (χ4v) is 2.34. The number of aromatic nitrogens is 3. The molecule has 1 N–H and O–H groups in total. The van der Waals surface area contributed by atoms with Crippen molar-refractivity contribution in [3.8, 4) is 23.7 Å². The Labute approximate surface area is 152 Å². The van der Waals surface area contributed by atoms with Gasteiger partial charge in [0.15, 0.2) is 0 Å². The third-order valence-corrected chi connectivity index (χ3v) is 3.73. The van der Waals surface area contributed by atoms with Crippen LogP contribution in [0.4, 0.5) is 5.69 Å². The van der Waals surface area contributed by atoms with E-state index in [1.54, 1.807) is 12.3 Å². The van der Waals surface area contributed by atoms with Crippen molar-refractivity contribution in [1.29, 1.82) is 0 Å². The molecule has 3 aromatic rings.